The van der Waals surface area contributed by atoms with Gasteiger partial charge in [-0.25, -0.2) is 9.97 Å². The Morgan fingerprint density at radius 2 is 2.03 bits per heavy atom. The molecule has 0 spiro atoms. The molecule has 0 fully saturated rings. The second-order valence-corrected chi connectivity index (χ2v) is 7.06. The van der Waals surface area contributed by atoms with Crippen molar-refractivity contribution in [1.29, 1.82) is 0 Å². The van der Waals surface area contributed by atoms with Gasteiger partial charge in [0.1, 0.15) is 17.1 Å². The van der Waals surface area contributed by atoms with Gasteiger partial charge in [0, 0.05) is 11.8 Å². The summed E-state index contributed by atoms with van der Waals surface area (Å²) in [5, 5.41) is 2.95. The molecule has 0 radical (unpaired) electrons. The number of aromatic nitrogens is 3. The number of pyridine rings is 1. The highest BCUT2D eigenvalue weighted by atomic mass is 16.7. The molecular weight excluding hydrogens is 396 g/mol. The first kappa shape index (κ1) is 18.9. The monoisotopic (exact) mass is 416 g/mol. The molecule has 31 heavy (non-hydrogen) atoms. The first-order valence-electron chi connectivity index (χ1n) is 9.82. The number of hydrogen-bond acceptors (Lipinski definition) is 6. The normalized spacial score (nSPS) is 12.2. The Balaban J connectivity index is 1.40. The van der Waals surface area contributed by atoms with Gasteiger partial charge in [-0.3, -0.25) is 4.79 Å². The van der Waals surface area contributed by atoms with Gasteiger partial charge in [0.2, 0.25) is 6.79 Å². The molecule has 4 aromatic rings. The van der Waals surface area contributed by atoms with E-state index in [0.717, 1.165) is 22.5 Å². The molecular formula is C23H20N4O4. The lowest BCUT2D eigenvalue weighted by atomic mass is 10.2. The van der Waals surface area contributed by atoms with E-state index in [2.05, 4.69) is 15.3 Å². The molecule has 2 aromatic heterocycles. The molecule has 0 unspecified atom stereocenters. The van der Waals surface area contributed by atoms with Crippen LogP contribution >= 0.6 is 0 Å². The second-order valence-electron chi connectivity index (χ2n) is 7.06. The van der Waals surface area contributed by atoms with Gasteiger partial charge < -0.3 is 24.1 Å². The van der Waals surface area contributed by atoms with Crippen molar-refractivity contribution in [3.63, 3.8) is 0 Å². The molecule has 3 heterocycles. The number of nitrogens with zero attached hydrogens (tertiary/aromatic N) is 3. The van der Waals surface area contributed by atoms with Crippen LogP contribution in [0.1, 0.15) is 21.7 Å². The standard InChI is InChI=1S/C23H20N4O4/c1-29-17-5-2-4-15(10-17)13-27-21(26-18-6-3-9-24-22(18)27)12-25-23(28)16-7-8-19-20(11-16)31-14-30-19/h2-11H,12-14H2,1H3,(H,25,28). The second kappa shape index (κ2) is 7.98. The van der Waals surface area contributed by atoms with Crippen LogP contribution in [0, 0.1) is 0 Å². The summed E-state index contributed by atoms with van der Waals surface area (Å²) >= 11 is 0. The third-order valence-corrected chi connectivity index (χ3v) is 5.10. The van der Waals surface area contributed by atoms with Crippen molar-refractivity contribution in [2.75, 3.05) is 13.9 Å². The minimum absolute atomic E-state index is 0.168. The predicted octanol–water partition coefficient (Wildman–Crippen LogP) is 3.15. The number of amides is 1. The molecule has 1 N–H and O–H groups in total. The first-order valence-corrected chi connectivity index (χ1v) is 9.82. The zero-order chi connectivity index (χ0) is 21.2. The van der Waals surface area contributed by atoms with Gasteiger partial charge in [-0.2, -0.15) is 0 Å². The summed E-state index contributed by atoms with van der Waals surface area (Å²) in [6.07, 6.45) is 1.74. The Morgan fingerprint density at radius 1 is 1.13 bits per heavy atom. The number of fused-ring (bicyclic) bond motifs is 2. The fourth-order valence-corrected chi connectivity index (χ4v) is 3.56. The Bertz CT molecular complexity index is 1270. The molecule has 2 aromatic carbocycles. The maximum Gasteiger partial charge on any atom is 0.251 e. The number of methoxy groups -OCH3 is 1. The fraction of sp³-hybridized carbons (Fsp3) is 0.174. The van der Waals surface area contributed by atoms with Crippen LogP contribution in [-0.2, 0) is 13.1 Å². The van der Waals surface area contributed by atoms with Gasteiger partial charge in [0.05, 0.1) is 20.2 Å². The van der Waals surface area contributed by atoms with Crippen LogP contribution in [0.5, 0.6) is 17.2 Å². The largest absolute Gasteiger partial charge is 0.497 e. The summed E-state index contributed by atoms with van der Waals surface area (Å²) in [7, 11) is 1.64. The highest BCUT2D eigenvalue weighted by molar-refractivity contribution is 5.94. The minimum atomic E-state index is -0.216. The van der Waals surface area contributed by atoms with Crippen molar-refractivity contribution in [3.8, 4) is 17.2 Å². The third kappa shape index (κ3) is 3.75. The topological polar surface area (TPSA) is 87.5 Å². The van der Waals surface area contributed by atoms with E-state index in [9.17, 15) is 4.79 Å². The van der Waals surface area contributed by atoms with Crippen molar-refractivity contribution in [1.82, 2.24) is 19.9 Å². The summed E-state index contributed by atoms with van der Waals surface area (Å²) in [5.74, 6) is 2.49. The zero-order valence-electron chi connectivity index (χ0n) is 16.9. The van der Waals surface area contributed by atoms with E-state index in [1.807, 2.05) is 41.0 Å². The number of hydrogen-bond donors (Lipinski definition) is 1. The number of imidazole rings is 1. The van der Waals surface area contributed by atoms with E-state index < -0.39 is 0 Å². The smallest absolute Gasteiger partial charge is 0.251 e. The average molecular weight is 416 g/mol. The van der Waals surface area contributed by atoms with Crippen LogP contribution in [0.4, 0.5) is 0 Å². The molecule has 5 rings (SSSR count). The number of ether oxygens (including phenoxy) is 3. The van der Waals surface area contributed by atoms with Gasteiger partial charge in [-0.1, -0.05) is 12.1 Å². The van der Waals surface area contributed by atoms with Crippen molar-refractivity contribution in [3.05, 3.63) is 77.7 Å². The Hall–Kier alpha value is -4.07. The zero-order valence-corrected chi connectivity index (χ0v) is 16.9. The number of nitrogens with one attached hydrogen (secondary N) is 1. The van der Waals surface area contributed by atoms with Crippen LogP contribution in [0.15, 0.2) is 60.8 Å². The molecule has 0 aliphatic carbocycles. The molecule has 0 saturated carbocycles. The van der Waals surface area contributed by atoms with E-state index >= 15 is 0 Å². The molecule has 1 aliphatic heterocycles. The first-order chi connectivity index (χ1) is 15.2. The summed E-state index contributed by atoms with van der Waals surface area (Å²) in [6, 6.07) is 16.7. The van der Waals surface area contributed by atoms with Crippen LogP contribution in [0.3, 0.4) is 0 Å². The van der Waals surface area contributed by atoms with Crippen molar-refractivity contribution < 1.29 is 19.0 Å². The van der Waals surface area contributed by atoms with Gasteiger partial charge >= 0.3 is 0 Å². The fourth-order valence-electron chi connectivity index (χ4n) is 3.56. The van der Waals surface area contributed by atoms with E-state index in [1.165, 1.54) is 0 Å². The quantitative estimate of drug-likeness (QED) is 0.520. The Labute approximate surface area is 178 Å². The maximum absolute atomic E-state index is 12.7. The SMILES string of the molecule is COc1cccc(Cn2c(CNC(=O)c3ccc4c(c3)OCO4)nc3cccnc32)c1. The van der Waals surface area contributed by atoms with E-state index in [1.54, 1.807) is 31.5 Å². The lowest BCUT2D eigenvalue weighted by Crippen LogP contribution is -2.25. The molecule has 1 amide bonds. The molecule has 156 valence electrons. The van der Waals surface area contributed by atoms with Crippen LogP contribution in [0.25, 0.3) is 11.2 Å². The van der Waals surface area contributed by atoms with Gasteiger partial charge in [0.15, 0.2) is 17.1 Å². The molecule has 0 atom stereocenters. The lowest BCUT2D eigenvalue weighted by Gasteiger charge is -2.11. The highest BCUT2D eigenvalue weighted by Gasteiger charge is 2.18. The number of carbonyl (C=O) groups excluding carboxylic acids is 1. The minimum Gasteiger partial charge on any atom is -0.497 e. The van der Waals surface area contributed by atoms with Gasteiger partial charge in [-0.15, -0.1) is 0 Å². The summed E-state index contributed by atoms with van der Waals surface area (Å²) in [4.78, 5) is 21.9. The van der Waals surface area contributed by atoms with E-state index in [0.29, 0.717) is 29.4 Å². The molecule has 1 aliphatic rings. The van der Waals surface area contributed by atoms with Crippen molar-refractivity contribution in [2.45, 2.75) is 13.1 Å². The Morgan fingerprint density at radius 3 is 2.94 bits per heavy atom. The summed E-state index contributed by atoms with van der Waals surface area (Å²) < 4.78 is 18.0. The van der Waals surface area contributed by atoms with Gasteiger partial charge in [0.25, 0.3) is 5.91 Å². The number of benzene rings is 2. The number of carbonyl (C=O) groups is 1. The van der Waals surface area contributed by atoms with E-state index in [4.69, 9.17) is 14.2 Å². The van der Waals surface area contributed by atoms with E-state index in [-0.39, 0.29) is 19.2 Å². The number of rotatable bonds is 6. The van der Waals surface area contributed by atoms with Crippen LogP contribution < -0.4 is 19.5 Å². The lowest BCUT2D eigenvalue weighted by molar-refractivity contribution is 0.0949. The van der Waals surface area contributed by atoms with Crippen molar-refractivity contribution >= 4 is 17.1 Å². The van der Waals surface area contributed by atoms with Crippen molar-refractivity contribution in [2.24, 2.45) is 0 Å². The molecule has 0 saturated heterocycles. The summed E-state index contributed by atoms with van der Waals surface area (Å²) in [5.41, 5.74) is 3.08. The third-order valence-electron chi connectivity index (χ3n) is 5.10. The maximum atomic E-state index is 12.7. The molecule has 8 nitrogen and oxygen atoms in total. The van der Waals surface area contributed by atoms with Gasteiger partial charge in [-0.05, 0) is 48.0 Å². The van der Waals surface area contributed by atoms with Crippen LogP contribution in [-0.4, -0.2) is 34.3 Å². The predicted molar refractivity (Wildman–Crippen MR) is 113 cm³/mol. The highest BCUT2D eigenvalue weighted by Crippen LogP contribution is 2.32. The molecule has 0 bridgehead atoms. The average Bonchev–Trinajstić information content (AvgIpc) is 3.42. The summed E-state index contributed by atoms with van der Waals surface area (Å²) in [6.45, 7) is 0.981. The Kier molecular flexibility index (Phi) is 4.87. The molecule has 8 heteroatoms. The van der Waals surface area contributed by atoms with Crippen LogP contribution in [0.2, 0.25) is 0 Å².